The summed E-state index contributed by atoms with van der Waals surface area (Å²) in [5.74, 6) is 0.540. The van der Waals surface area contributed by atoms with Gasteiger partial charge in [0.15, 0.2) is 0 Å². The number of halogens is 1. The molecular formula is C26H34ClN3O4S. The molecule has 2 saturated heterocycles. The van der Waals surface area contributed by atoms with Gasteiger partial charge in [-0.25, -0.2) is 8.42 Å². The van der Waals surface area contributed by atoms with Crippen molar-refractivity contribution in [3.05, 3.63) is 53.1 Å². The van der Waals surface area contributed by atoms with Gasteiger partial charge in [-0.2, -0.15) is 4.31 Å². The van der Waals surface area contributed by atoms with Crippen LogP contribution in [0.3, 0.4) is 0 Å². The van der Waals surface area contributed by atoms with E-state index in [4.69, 9.17) is 16.3 Å². The molecule has 0 N–H and O–H groups in total. The largest absolute Gasteiger partial charge is 0.495 e. The maximum Gasteiger partial charge on any atom is 0.246 e. The van der Waals surface area contributed by atoms with Crippen LogP contribution in [0.4, 0.5) is 5.69 Å². The van der Waals surface area contributed by atoms with Gasteiger partial charge in [0, 0.05) is 55.9 Å². The Morgan fingerprint density at radius 3 is 2.29 bits per heavy atom. The molecule has 0 bridgehead atoms. The van der Waals surface area contributed by atoms with E-state index in [9.17, 15) is 13.2 Å². The van der Waals surface area contributed by atoms with Crippen molar-refractivity contribution in [2.24, 2.45) is 5.92 Å². The SMILES string of the molecule is COc1ccc(C(C)C)cc1S(=O)(=O)N1CCC(C(=O)N2CCN(c3cccc(Cl)c3)CC2)CC1. The second kappa shape index (κ2) is 10.8. The summed E-state index contributed by atoms with van der Waals surface area (Å²) in [5, 5.41) is 0.705. The second-order valence-electron chi connectivity index (χ2n) is 9.54. The van der Waals surface area contributed by atoms with Crippen LogP contribution < -0.4 is 9.64 Å². The molecule has 2 fully saturated rings. The third kappa shape index (κ3) is 5.60. The maximum atomic E-state index is 13.5. The molecule has 0 radical (unpaired) electrons. The highest BCUT2D eigenvalue weighted by atomic mass is 35.5. The Hall–Kier alpha value is -2.29. The van der Waals surface area contributed by atoms with Crippen molar-refractivity contribution in [3.8, 4) is 5.75 Å². The predicted octanol–water partition coefficient (Wildman–Crippen LogP) is 4.22. The van der Waals surface area contributed by atoms with Crippen LogP contribution in [0.15, 0.2) is 47.4 Å². The van der Waals surface area contributed by atoms with Crippen molar-refractivity contribution in [3.63, 3.8) is 0 Å². The third-order valence-electron chi connectivity index (χ3n) is 7.04. The monoisotopic (exact) mass is 519 g/mol. The second-order valence-corrected chi connectivity index (χ2v) is 11.9. The first-order valence-corrected chi connectivity index (χ1v) is 14.0. The lowest BCUT2D eigenvalue weighted by Crippen LogP contribution is -2.52. The van der Waals surface area contributed by atoms with Gasteiger partial charge in [0.05, 0.1) is 7.11 Å². The van der Waals surface area contributed by atoms with Crippen LogP contribution in [0.5, 0.6) is 5.75 Å². The molecule has 7 nitrogen and oxygen atoms in total. The summed E-state index contributed by atoms with van der Waals surface area (Å²) < 4.78 is 33.8. The molecule has 4 rings (SSSR count). The minimum atomic E-state index is -3.71. The Morgan fingerprint density at radius 2 is 1.69 bits per heavy atom. The van der Waals surface area contributed by atoms with Crippen LogP contribution in [0.2, 0.25) is 5.02 Å². The van der Waals surface area contributed by atoms with Gasteiger partial charge in [0.2, 0.25) is 15.9 Å². The number of nitrogens with zero attached hydrogens (tertiary/aromatic N) is 3. The first-order valence-electron chi connectivity index (χ1n) is 12.2. The van der Waals surface area contributed by atoms with E-state index in [2.05, 4.69) is 4.90 Å². The van der Waals surface area contributed by atoms with Crippen molar-refractivity contribution >= 4 is 33.2 Å². The highest BCUT2D eigenvalue weighted by molar-refractivity contribution is 7.89. The van der Waals surface area contributed by atoms with E-state index >= 15 is 0 Å². The highest BCUT2D eigenvalue weighted by Gasteiger charge is 2.36. The summed E-state index contributed by atoms with van der Waals surface area (Å²) in [7, 11) is -2.22. The van der Waals surface area contributed by atoms with Gasteiger partial charge in [-0.3, -0.25) is 4.79 Å². The molecule has 190 valence electrons. The molecule has 0 unspecified atom stereocenters. The van der Waals surface area contributed by atoms with Crippen LogP contribution >= 0.6 is 11.6 Å². The number of piperazine rings is 1. The maximum absolute atomic E-state index is 13.5. The molecule has 2 aromatic rings. The van der Waals surface area contributed by atoms with Crippen molar-refractivity contribution in [2.75, 3.05) is 51.3 Å². The van der Waals surface area contributed by atoms with Crippen molar-refractivity contribution in [1.29, 1.82) is 0 Å². The topological polar surface area (TPSA) is 70.2 Å². The molecule has 0 aromatic heterocycles. The fourth-order valence-corrected chi connectivity index (χ4v) is 6.70. The fourth-order valence-electron chi connectivity index (χ4n) is 4.85. The molecule has 2 aromatic carbocycles. The number of ether oxygens (including phenoxy) is 1. The Labute approximate surface area is 213 Å². The van der Waals surface area contributed by atoms with Gasteiger partial charge in [0.25, 0.3) is 0 Å². The third-order valence-corrected chi connectivity index (χ3v) is 9.19. The number of carbonyl (C=O) groups excluding carboxylic acids is 1. The summed E-state index contributed by atoms with van der Waals surface area (Å²) >= 11 is 6.12. The molecule has 2 aliphatic rings. The standard InChI is InChI=1S/C26H34ClN3O4S/c1-19(2)21-7-8-24(34-3)25(17-21)35(32,33)30-11-9-20(10-12-30)26(31)29-15-13-28(14-16-29)23-6-4-5-22(27)18-23/h4-8,17-20H,9-16H2,1-3H3. The van der Waals surface area contributed by atoms with Crippen LogP contribution in [-0.2, 0) is 14.8 Å². The first kappa shape index (κ1) is 25.8. The van der Waals surface area contributed by atoms with Crippen molar-refractivity contribution in [2.45, 2.75) is 37.5 Å². The smallest absolute Gasteiger partial charge is 0.246 e. The molecule has 0 aliphatic carbocycles. The fraction of sp³-hybridized carbons (Fsp3) is 0.500. The number of sulfonamides is 1. The number of piperidine rings is 1. The number of methoxy groups -OCH3 is 1. The molecular weight excluding hydrogens is 486 g/mol. The van der Waals surface area contributed by atoms with Gasteiger partial charge in [-0.15, -0.1) is 0 Å². The quantitative estimate of drug-likeness (QED) is 0.571. The Bertz CT molecular complexity index is 1150. The van der Waals surface area contributed by atoms with Gasteiger partial charge in [0.1, 0.15) is 10.6 Å². The zero-order valence-electron chi connectivity index (χ0n) is 20.6. The van der Waals surface area contributed by atoms with Gasteiger partial charge < -0.3 is 14.5 Å². The van der Waals surface area contributed by atoms with E-state index < -0.39 is 10.0 Å². The van der Waals surface area contributed by atoms with E-state index in [0.29, 0.717) is 49.8 Å². The number of rotatable bonds is 6. The summed E-state index contributed by atoms with van der Waals surface area (Å²) in [4.78, 5) is 17.6. The van der Waals surface area contributed by atoms with Gasteiger partial charge in [-0.1, -0.05) is 37.6 Å². The lowest BCUT2D eigenvalue weighted by molar-refractivity contribution is -0.137. The van der Waals surface area contributed by atoms with Crippen LogP contribution in [-0.4, -0.2) is 69.9 Å². The van der Waals surface area contributed by atoms with Crippen molar-refractivity contribution < 1.29 is 17.9 Å². The average Bonchev–Trinajstić information content (AvgIpc) is 2.88. The Kier molecular flexibility index (Phi) is 7.93. The number of benzene rings is 2. The normalized spacial score (nSPS) is 18.2. The van der Waals surface area contributed by atoms with E-state index in [-0.39, 0.29) is 22.6 Å². The van der Waals surface area contributed by atoms with E-state index in [0.717, 1.165) is 24.3 Å². The zero-order chi connectivity index (χ0) is 25.2. The molecule has 2 aliphatic heterocycles. The van der Waals surface area contributed by atoms with Gasteiger partial charge >= 0.3 is 0 Å². The van der Waals surface area contributed by atoms with Crippen LogP contribution in [0, 0.1) is 5.92 Å². The summed E-state index contributed by atoms with van der Waals surface area (Å²) in [6.45, 7) is 7.55. The minimum Gasteiger partial charge on any atom is -0.495 e. The zero-order valence-corrected chi connectivity index (χ0v) is 22.2. The number of hydrogen-bond donors (Lipinski definition) is 0. The predicted molar refractivity (Wildman–Crippen MR) is 139 cm³/mol. The van der Waals surface area contributed by atoms with Crippen LogP contribution in [0.25, 0.3) is 0 Å². The molecule has 35 heavy (non-hydrogen) atoms. The van der Waals surface area contributed by atoms with E-state index in [1.54, 1.807) is 12.1 Å². The highest BCUT2D eigenvalue weighted by Crippen LogP contribution is 2.33. The van der Waals surface area contributed by atoms with Crippen LogP contribution in [0.1, 0.15) is 38.2 Å². The van der Waals surface area contributed by atoms with E-state index in [1.807, 2.05) is 49.1 Å². The molecule has 0 atom stereocenters. The molecule has 2 heterocycles. The first-order chi connectivity index (χ1) is 16.7. The lowest BCUT2D eigenvalue weighted by Gasteiger charge is -2.39. The van der Waals surface area contributed by atoms with Gasteiger partial charge in [-0.05, 0) is 54.7 Å². The molecule has 9 heteroatoms. The Balaban J connectivity index is 1.36. The molecule has 0 spiro atoms. The van der Waals surface area contributed by atoms with E-state index in [1.165, 1.54) is 11.4 Å². The van der Waals surface area contributed by atoms with Crippen molar-refractivity contribution in [1.82, 2.24) is 9.21 Å². The number of amides is 1. The number of carbonyl (C=O) groups is 1. The minimum absolute atomic E-state index is 0.132. The summed E-state index contributed by atoms with van der Waals surface area (Å²) in [5.41, 5.74) is 2.02. The summed E-state index contributed by atoms with van der Waals surface area (Å²) in [6, 6.07) is 13.1. The molecule has 0 saturated carbocycles. The number of hydrogen-bond acceptors (Lipinski definition) is 5. The Morgan fingerprint density at radius 1 is 1.00 bits per heavy atom. The number of anilines is 1. The average molecular weight is 520 g/mol. The lowest BCUT2D eigenvalue weighted by atomic mass is 9.96. The summed E-state index contributed by atoms with van der Waals surface area (Å²) in [6.07, 6.45) is 1.05. The molecule has 1 amide bonds.